The molecule has 0 bridgehead atoms. The number of tetrazole rings is 1. The number of rotatable bonds is 7. The average molecular weight is 379 g/mol. The Labute approximate surface area is 154 Å². The summed E-state index contributed by atoms with van der Waals surface area (Å²) in [6.45, 7) is 0.912. The quantitative estimate of drug-likeness (QED) is 0.584. The van der Waals surface area contributed by atoms with E-state index in [1.807, 2.05) is 6.92 Å². The number of benzene rings is 1. The van der Waals surface area contributed by atoms with E-state index in [0.717, 1.165) is 12.8 Å². The van der Waals surface area contributed by atoms with Gasteiger partial charge < -0.3 is 14.8 Å². The van der Waals surface area contributed by atoms with Gasteiger partial charge in [-0.15, -0.1) is 0 Å². The number of allylic oxidation sites excluding steroid dienone is 1. The lowest BCUT2D eigenvalue weighted by Crippen LogP contribution is -2.30. The fourth-order valence-electron chi connectivity index (χ4n) is 2.86. The van der Waals surface area contributed by atoms with Gasteiger partial charge in [0.15, 0.2) is 0 Å². The van der Waals surface area contributed by atoms with Crippen molar-refractivity contribution in [2.75, 3.05) is 11.9 Å². The average Bonchev–Trinajstić information content (AvgIpc) is 3.08. The Bertz CT molecular complexity index is 853. The molecule has 8 nitrogen and oxygen atoms in total. The van der Waals surface area contributed by atoms with Gasteiger partial charge in [-0.3, -0.25) is 0 Å². The second-order valence-electron chi connectivity index (χ2n) is 5.92. The van der Waals surface area contributed by atoms with Gasteiger partial charge in [0.25, 0.3) is 0 Å². The van der Waals surface area contributed by atoms with E-state index in [2.05, 4.69) is 25.6 Å². The van der Waals surface area contributed by atoms with Gasteiger partial charge in [0.05, 0.1) is 12.2 Å². The molecule has 0 spiro atoms. The van der Waals surface area contributed by atoms with E-state index in [1.54, 1.807) is 25.1 Å². The Hall–Kier alpha value is -3.04. The topological polar surface area (TPSA) is 91.2 Å². The molecule has 1 aromatic carbocycles. The normalized spacial score (nSPS) is 16.1. The zero-order valence-corrected chi connectivity index (χ0v) is 14.9. The molecule has 3 rings (SSSR count). The van der Waals surface area contributed by atoms with E-state index in [1.165, 1.54) is 10.7 Å². The van der Waals surface area contributed by atoms with Crippen molar-refractivity contribution < 1.29 is 23.0 Å². The number of fused-ring (bicyclic) bond motifs is 1. The summed E-state index contributed by atoms with van der Waals surface area (Å²) in [5.74, 6) is -0.339. The van der Waals surface area contributed by atoms with Gasteiger partial charge in [0.1, 0.15) is 11.8 Å². The van der Waals surface area contributed by atoms with Crippen LogP contribution in [0.15, 0.2) is 35.5 Å². The number of esters is 1. The first kappa shape index (κ1) is 18.7. The minimum Gasteiger partial charge on any atom is -0.462 e. The molecule has 1 aliphatic heterocycles. The summed E-state index contributed by atoms with van der Waals surface area (Å²) in [5.41, 5.74) is 1.04. The molecular weight excluding hydrogens is 360 g/mol. The van der Waals surface area contributed by atoms with E-state index < -0.39 is 18.6 Å². The Kier molecular flexibility index (Phi) is 5.63. The van der Waals surface area contributed by atoms with Crippen LogP contribution in [-0.2, 0) is 9.53 Å². The number of ether oxygens (including phenoxy) is 2. The van der Waals surface area contributed by atoms with E-state index >= 15 is 0 Å². The summed E-state index contributed by atoms with van der Waals surface area (Å²) in [5, 5.41) is 14.3. The van der Waals surface area contributed by atoms with Crippen molar-refractivity contribution in [2.45, 2.75) is 39.3 Å². The van der Waals surface area contributed by atoms with Crippen LogP contribution in [0.3, 0.4) is 0 Å². The number of carbonyl (C=O) groups is 1. The first-order valence-electron chi connectivity index (χ1n) is 8.49. The fraction of sp³-hybridized carbons (Fsp3) is 0.412. The fourth-order valence-corrected chi connectivity index (χ4v) is 2.86. The highest BCUT2D eigenvalue weighted by Gasteiger charge is 2.36. The third kappa shape index (κ3) is 3.88. The Morgan fingerprint density at radius 2 is 2.15 bits per heavy atom. The number of hydrogen-bond acceptors (Lipinski definition) is 7. The molecule has 0 saturated carbocycles. The second-order valence-corrected chi connectivity index (χ2v) is 5.92. The molecule has 0 saturated heterocycles. The van der Waals surface area contributed by atoms with Crippen LogP contribution in [0.5, 0.6) is 5.75 Å². The summed E-state index contributed by atoms with van der Waals surface area (Å²) in [6.07, 6.45) is 1.59. The van der Waals surface area contributed by atoms with Crippen molar-refractivity contribution in [2.24, 2.45) is 0 Å². The van der Waals surface area contributed by atoms with Gasteiger partial charge in [-0.25, -0.2) is 4.79 Å². The highest BCUT2D eigenvalue weighted by atomic mass is 19.3. The van der Waals surface area contributed by atoms with Gasteiger partial charge in [-0.2, -0.15) is 13.5 Å². The lowest BCUT2D eigenvalue weighted by Gasteiger charge is -2.28. The number of anilines is 1. The minimum atomic E-state index is -3.01. The third-order valence-corrected chi connectivity index (χ3v) is 4.09. The Morgan fingerprint density at radius 1 is 1.37 bits per heavy atom. The van der Waals surface area contributed by atoms with Crippen molar-refractivity contribution in [1.29, 1.82) is 0 Å². The lowest BCUT2D eigenvalue weighted by atomic mass is 9.95. The Morgan fingerprint density at radius 3 is 2.89 bits per heavy atom. The molecule has 1 N–H and O–H groups in total. The first-order valence-corrected chi connectivity index (χ1v) is 8.49. The van der Waals surface area contributed by atoms with Gasteiger partial charge in [-0.1, -0.05) is 36.6 Å². The predicted molar refractivity (Wildman–Crippen MR) is 91.2 cm³/mol. The van der Waals surface area contributed by atoms with Crippen LogP contribution in [0.2, 0.25) is 0 Å². The number of nitrogens with zero attached hydrogens (tertiary/aromatic N) is 4. The van der Waals surface area contributed by atoms with Crippen LogP contribution in [0, 0.1) is 0 Å². The second kappa shape index (κ2) is 8.11. The maximum atomic E-state index is 12.9. The lowest BCUT2D eigenvalue weighted by molar-refractivity contribution is -0.139. The summed E-state index contributed by atoms with van der Waals surface area (Å²) in [7, 11) is 0. The smallest absolute Gasteiger partial charge is 0.387 e. The number of carbonyl (C=O) groups excluding carboxylic acids is 1. The standard InChI is InChI=1S/C17H19F2N5O3/c1-3-4-9-26-15(25)13-10(2)20-17-21-22-23-24(17)14(13)11-7-5-6-8-12(11)27-16(18)19/h5-8,14,16H,3-4,9H2,1-2H3,(H,20,21,23)/t14-/m0/s1. The summed E-state index contributed by atoms with van der Waals surface area (Å²) in [4.78, 5) is 12.7. The van der Waals surface area contributed by atoms with Gasteiger partial charge in [0.2, 0.25) is 5.95 Å². The molecule has 0 aliphatic carbocycles. The van der Waals surface area contributed by atoms with Crippen molar-refractivity contribution in [3.05, 3.63) is 41.1 Å². The molecule has 2 heterocycles. The molecule has 10 heteroatoms. The van der Waals surface area contributed by atoms with Crippen molar-refractivity contribution in [3.8, 4) is 5.75 Å². The van der Waals surface area contributed by atoms with E-state index in [0.29, 0.717) is 11.3 Å². The van der Waals surface area contributed by atoms with Crippen molar-refractivity contribution in [3.63, 3.8) is 0 Å². The van der Waals surface area contributed by atoms with E-state index in [-0.39, 0.29) is 23.9 Å². The summed E-state index contributed by atoms with van der Waals surface area (Å²) in [6, 6.07) is 5.36. The highest BCUT2D eigenvalue weighted by molar-refractivity contribution is 5.92. The molecule has 0 fully saturated rings. The molecular formula is C17H19F2N5O3. The molecule has 0 radical (unpaired) electrons. The van der Waals surface area contributed by atoms with Gasteiger partial charge >= 0.3 is 12.6 Å². The molecule has 1 atom stereocenters. The number of para-hydroxylation sites is 1. The zero-order valence-electron chi connectivity index (χ0n) is 14.9. The number of nitrogens with one attached hydrogen (secondary N) is 1. The van der Waals surface area contributed by atoms with Crippen LogP contribution in [0.4, 0.5) is 14.7 Å². The molecule has 1 aliphatic rings. The third-order valence-electron chi connectivity index (χ3n) is 4.09. The molecule has 0 unspecified atom stereocenters. The number of unbranched alkanes of at least 4 members (excludes halogenated alkanes) is 1. The van der Waals surface area contributed by atoms with Gasteiger partial charge in [0, 0.05) is 11.3 Å². The van der Waals surface area contributed by atoms with Crippen LogP contribution < -0.4 is 10.1 Å². The largest absolute Gasteiger partial charge is 0.462 e. The number of halogens is 2. The van der Waals surface area contributed by atoms with Crippen LogP contribution in [0.25, 0.3) is 0 Å². The maximum absolute atomic E-state index is 12.9. The highest BCUT2D eigenvalue weighted by Crippen LogP contribution is 2.39. The molecule has 144 valence electrons. The number of alkyl halides is 2. The van der Waals surface area contributed by atoms with E-state index in [9.17, 15) is 13.6 Å². The maximum Gasteiger partial charge on any atom is 0.387 e. The minimum absolute atomic E-state index is 0.0625. The summed E-state index contributed by atoms with van der Waals surface area (Å²) >= 11 is 0. The van der Waals surface area contributed by atoms with E-state index in [4.69, 9.17) is 4.74 Å². The Balaban J connectivity index is 2.06. The molecule has 0 amide bonds. The van der Waals surface area contributed by atoms with Gasteiger partial charge in [-0.05, 0) is 29.8 Å². The summed E-state index contributed by atoms with van der Waals surface area (Å²) < 4.78 is 37.0. The monoisotopic (exact) mass is 379 g/mol. The predicted octanol–water partition coefficient (Wildman–Crippen LogP) is 2.91. The van der Waals surface area contributed by atoms with Crippen LogP contribution in [-0.4, -0.2) is 39.4 Å². The zero-order chi connectivity index (χ0) is 19.4. The molecule has 1 aromatic heterocycles. The number of hydrogen-bond donors (Lipinski definition) is 1. The number of aromatic nitrogens is 4. The van der Waals surface area contributed by atoms with Crippen LogP contribution >= 0.6 is 0 Å². The molecule has 2 aromatic rings. The van der Waals surface area contributed by atoms with Crippen molar-refractivity contribution in [1.82, 2.24) is 20.2 Å². The van der Waals surface area contributed by atoms with Crippen LogP contribution in [0.1, 0.15) is 38.3 Å². The molecule has 27 heavy (non-hydrogen) atoms. The SMILES string of the molecule is CCCCOC(=O)C1=C(C)Nc2nnnn2[C@H]1c1ccccc1OC(F)F. The van der Waals surface area contributed by atoms with Crippen molar-refractivity contribution >= 4 is 11.9 Å². The first-order chi connectivity index (χ1) is 13.0.